The first kappa shape index (κ1) is 25.8. The summed E-state index contributed by atoms with van der Waals surface area (Å²) in [6.07, 6.45) is 7.74. The number of benzene rings is 2. The van der Waals surface area contributed by atoms with Crippen LogP contribution in [0.15, 0.2) is 48.5 Å². The van der Waals surface area contributed by atoms with Crippen LogP contribution in [0.2, 0.25) is 0 Å². The average Bonchev–Trinajstić information content (AvgIpc) is 2.87. The van der Waals surface area contributed by atoms with Gasteiger partial charge in [0.15, 0.2) is 0 Å². The molecule has 0 saturated heterocycles. The Balaban J connectivity index is 1.79. The molecule has 0 aromatic heterocycles. The molecule has 0 bridgehead atoms. The van der Waals surface area contributed by atoms with Gasteiger partial charge in [-0.3, -0.25) is 14.5 Å². The van der Waals surface area contributed by atoms with Gasteiger partial charge in [-0.15, -0.1) is 0 Å². The molecule has 0 heterocycles. The number of nitrogens with two attached hydrogens (primary N) is 1. The molecular weight excluding hydrogens is 428 g/mol. The number of imide groups is 1. The van der Waals surface area contributed by atoms with Crippen molar-refractivity contribution < 1.29 is 19.1 Å². The van der Waals surface area contributed by atoms with E-state index in [1.807, 2.05) is 0 Å². The Kier molecular flexibility index (Phi) is 9.52. The van der Waals surface area contributed by atoms with Gasteiger partial charge in [0.05, 0.1) is 14.2 Å². The maximum atomic E-state index is 13.5. The molecule has 1 saturated carbocycles. The molecule has 3 atom stereocenters. The Morgan fingerprint density at radius 2 is 1.29 bits per heavy atom. The SMILES string of the molecule is COc1ccc(C(=O)N(CCC2CCCCC2CCC(C)N)C(=O)c2ccc(OC)cc2)cc1. The number of amides is 2. The molecule has 0 spiro atoms. The van der Waals surface area contributed by atoms with Crippen LogP contribution in [-0.2, 0) is 0 Å². The number of hydrogen-bond acceptors (Lipinski definition) is 5. The van der Waals surface area contributed by atoms with Crippen molar-refractivity contribution in [2.45, 2.75) is 57.9 Å². The predicted octanol–water partition coefficient (Wildman–Crippen LogP) is 5.31. The fourth-order valence-electron chi connectivity index (χ4n) is 4.89. The molecule has 6 heteroatoms. The van der Waals surface area contributed by atoms with Crippen molar-refractivity contribution in [3.63, 3.8) is 0 Å². The van der Waals surface area contributed by atoms with Crippen molar-refractivity contribution in [1.29, 1.82) is 0 Å². The molecule has 34 heavy (non-hydrogen) atoms. The zero-order valence-corrected chi connectivity index (χ0v) is 20.7. The standard InChI is InChI=1S/C28H38N2O4/c1-20(29)8-9-21-6-4-5-7-22(21)18-19-30(27(31)23-10-14-25(33-2)15-11-23)28(32)24-12-16-26(34-3)17-13-24/h10-17,20-22H,4-9,18-19,29H2,1-3H3. The molecule has 1 aliphatic carbocycles. The van der Waals surface area contributed by atoms with Crippen molar-refractivity contribution >= 4 is 11.8 Å². The van der Waals surface area contributed by atoms with Crippen molar-refractivity contribution in [3.8, 4) is 11.5 Å². The Morgan fingerprint density at radius 3 is 1.71 bits per heavy atom. The third kappa shape index (κ3) is 6.83. The lowest BCUT2D eigenvalue weighted by molar-refractivity contribution is 0.0593. The third-order valence-corrected chi connectivity index (χ3v) is 6.95. The van der Waals surface area contributed by atoms with E-state index in [1.54, 1.807) is 62.8 Å². The Hall–Kier alpha value is -2.86. The van der Waals surface area contributed by atoms with Gasteiger partial charge in [0.25, 0.3) is 11.8 Å². The molecule has 2 amide bonds. The minimum Gasteiger partial charge on any atom is -0.497 e. The highest BCUT2D eigenvalue weighted by Crippen LogP contribution is 2.36. The lowest BCUT2D eigenvalue weighted by atomic mass is 9.75. The molecule has 2 aromatic rings. The van der Waals surface area contributed by atoms with Gasteiger partial charge in [0, 0.05) is 23.7 Å². The van der Waals surface area contributed by atoms with E-state index in [0.29, 0.717) is 41.0 Å². The van der Waals surface area contributed by atoms with Gasteiger partial charge in [0.2, 0.25) is 0 Å². The predicted molar refractivity (Wildman–Crippen MR) is 134 cm³/mol. The third-order valence-electron chi connectivity index (χ3n) is 6.95. The van der Waals surface area contributed by atoms with Gasteiger partial charge in [-0.05, 0) is 86.6 Å². The van der Waals surface area contributed by atoms with E-state index >= 15 is 0 Å². The normalized spacial score (nSPS) is 18.7. The molecule has 2 N–H and O–H groups in total. The average molecular weight is 467 g/mol. The minimum atomic E-state index is -0.286. The van der Waals surface area contributed by atoms with Gasteiger partial charge in [0.1, 0.15) is 11.5 Å². The quantitative estimate of drug-likeness (QED) is 0.480. The number of carbonyl (C=O) groups is 2. The van der Waals surface area contributed by atoms with E-state index in [1.165, 1.54) is 24.2 Å². The van der Waals surface area contributed by atoms with Crippen LogP contribution in [-0.4, -0.2) is 43.5 Å². The number of nitrogens with zero attached hydrogens (tertiary/aromatic N) is 1. The monoisotopic (exact) mass is 466 g/mol. The minimum absolute atomic E-state index is 0.201. The van der Waals surface area contributed by atoms with Gasteiger partial charge < -0.3 is 15.2 Å². The highest BCUT2D eigenvalue weighted by atomic mass is 16.5. The second-order valence-corrected chi connectivity index (χ2v) is 9.37. The summed E-state index contributed by atoms with van der Waals surface area (Å²) in [4.78, 5) is 28.4. The van der Waals surface area contributed by atoms with Crippen LogP contribution < -0.4 is 15.2 Å². The number of rotatable bonds is 10. The topological polar surface area (TPSA) is 81.9 Å². The Labute approximate surface area is 203 Å². The second-order valence-electron chi connectivity index (χ2n) is 9.37. The largest absolute Gasteiger partial charge is 0.497 e. The maximum absolute atomic E-state index is 13.5. The van der Waals surface area contributed by atoms with Crippen LogP contribution in [0.5, 0.6) is 11.5 Å². The zero-order chi connectivity index (χ0) is 24.5. The molecule has 3 rings (SSSR count). The first-order valence-corrected chi connectivity index (χ1v) is 12.3. The molecule has 0 radical (unpaired) electrons. The summed E-state index contributed by atoms with van der Waals surface area (Å²) in [5, 5.41) is 0. The zero-order valence-electron chi connectivity index (χ0n) is 20.7. The van der Waals surface area contributed by atoms with E-state index in [0.717, 1.165) is 25.7 Å². The summed E-state index contributed by atoms with van der Waals surface area (Å²) in [5.74, 6) is 1.88. The first-order chi connectivity index (χ1) is 16.4. The smallest absolute Gasteiger partial charge is 0.260 e. The molecule has 1 fully saturated rings. The summed E-state index contributed by atoms with van der Waals surface area (Å²) in [6, 6.07) is 14.0. The van der Waals surface area contributed by atoms with Gasteiger partial charge in [-0.25, -0.2) is 0 Å². The molecule has 1 aliphatic rings. The van der Waals surface area contributed by atoms with Crippen LogP contribution >= 0.6 is 0 Å². The molecule has 6 nitrogen and oxygen atoms in total. The Bertz CT molecular complexity index is 865. The van der Waals surface area contributed by atoms with Crippen LogP contribution in [0.3, 0.4) is 0 Å². The molecular formula is C28H38N2O4. The summed E-state index contributed by atoms with van der Waals surface area (Å²) >= 11 is 0. The lowest BCUT2D eigenvalue weighted by Crippen LogP contribution is -2.39. The number of carbonyl (C=O) groups excluding carboxylic acids is 2. The van der Waals surface area contributed by atoms with Crippen LogP contribution in [0.1, 0.15) is 72.6 Å². The Morgan fingerprint density at radius 1 is 0.853 bits per heavy atom. The van der Waals surface area contributed by atoms with Crippen molar-refractivity contribution in [2.75, 3.05) is 20.8 Å². The maximum Gasteiger partial charge on any atom is 0.260 e. The van der Waals surface area contributed by atoms with Gasteiger partial charge in [-0.2, -0.15) is 0 Å². The summed E-state index contributed by atoms with van der Waals surface area (Å²) in [6.45, 7) is 2.45. The molecule has 2 aromatic carbocycles. The van der Waals surface area contributed by atoms with E-state index in [2.05, 4.69) is 6.92 Å². The summed E-state index contributed by atoms with van der Waals surface area (Å²) < 4.78 is 10.4. The van der Waals surface area contributed by atoms with E-state index < -0.39 is 0 Å². The molecule has 3 unspecified atom stereocenters. The second kappa shape index (κ2) is 12.6. The van der Waals surface area contributed by atoms with Gasteiger partial charge in [-0.1, -0.05) is 25.7 Å². The van der Waals surface area contributed by atoms with E-state index in [9.17, 15) is 9.59 Å². The van der Waals surface area contributed by atoms with Crippen molar-refractivity contribution in [1.82, 2.24) is 4.90 Å². The molecule has 0 aliphatic heterocycles. The summed E-state index contributed by atoms with van der Waals surface area (Å²) in [7, 11) is 3.17. The fraction of sp³-hybridized carbons (Fsp3) is 0.500. The number of methoxy groups -OCH3 is 2. The van der Waals surface area contributed by atoms with Crippen LogP contribution in [0, 0.1) is 11.8 Å². The highest BCUT2D eigenvalue weighted by Gasteiger charge is 2.29. The summed E-state index contributed by atoms with van der Waals surface area (Å²) in [5.41, 5.74) is 6.96. The van der Waals surface area contributed by atoms with E-state index in [-0.39, 0.29) is 17.9 Å². The van der Waals surface area contributed by atoms with Crippen LogP contribution in [0.4, 0.5) is 0 Å². The number of hydrogen-bond donors (Lipinski definition) is 1. The van der Waals surface area contributed by atoms with Gasteiger partial charge >= 0.3 is 0 Å². The first-order valence-electron chi connectivity index (χ1n) is 12.3. The number of ether oxygens (including phenoxy) is 2. The fourth-order valence-corrected chi connectivity index (χ4v) is 4.89. The van der Waals surface area contributed by atoms with Crippen LogP contribution in [0.25, 0.3) is 0 Å². The van der Waals surface area contributed by atoms with E-state index in [4.69, 9.17) is 15.2 Å². The lowest BCUT2D eigenvalue weighted by Gasteiger charge is -2.33. The van der Waals surface area contributed by atoms with Crippen molar-refractivity contribution in [3.05, 3.63) is 59.7 Å². The molecule has 184 valence electrons. The van der Waals surface area contributed by atoms with Crippen molar-refractivity contribution in [2.24, 2.45) is 17.6 Å². The highest BCUT2D eigenvalue weighted by molar-refractivity contribution is 6.10.